The second-order valence-corrected chi connectivity index (χ2v) is 7.75. The highest BCUT2D eigenvalue weighted by Gasteiger charge is 2.65. The molecule has 3 rings (SSSR count). The number of aliphatic imine (C=N–C) groups is 1. The van der Waals surface area contributed by atoms with Gasteiger partial charge in [0, 0.05) is 37.1 Å². The fraction of sp³-hybridized carbons (Fsp3) is 0.944. The zero-order valence-electron chi connectivity index (χ0n) is 14.5. The Bertz CT molecular complexity index is 401. The highest BCUT2D eigenvalue weighted by molar-refractivity contribution is 5.80. The van der Waals surface area contributed by atoms with Gasteiger partial charge in [0.2, 0.25) is 0 Å². The minimum absolute atomic E-state index is 0.398. The zero-order chi connectivity index (χ0) is 15.6. The summed E-state index contributed by atoms with van der Waals surface area (Å²) in [4.78, 5) is 4.80. The molecule has 126 valence electrons. The maximum absolute atomic E-state index is 6.07. The van der Waals surface area contributed by atoms with Gasteiger partial charge in [0.05, 0.1) is 6.10 Å². The van der Waals surface area contributed by atoms with Crippen molar-refractivity contribution in [2.75, 3.05) is 19.7 Å². The molecular formula is C18H33N3O. The number of ether oxygens (including phenoxy) is 1. The van der Waals surface area contributed by atoms with Gasteiger partial charge in [-0.3, -0.25) is 4.99 Å². The summed E-state index contributed by atoms with van der Waals surface area (Å²) in [6, 6.07) is 0.569. The quantitative estimate of drug-likeness (QED) is 0.606. The number of rotatable bonds is 5. The van der Waals surface area contributed by atoms with Gasteiger partial charge in [-0.1, -0.05) is 26.7 Å². The van der Waals surface area contributed by atoms with Gasteiger partial charge in [-0.15, -0.1) is 0 Å². The van der Waals surface area contributed by atoms with Crippen LogP contribution in [0.2, 0.25) is 0 Å². The van der Waals surface area contributed by atoms with Gasteiger partial charge in [-0.25, -0.2) is 0 Å². The first-order chi connectivity index (χ1) is 10.7. The number of nitrogens with zero attached hydrogens (tertiary/aromatic N) is 1. The normalized spacial score (nSPS) is 33.1. The summed E-state index contributed by atoms with van der Waals surface area (Å²) >= 11 is 0. The lowest BCUT2D eigenvalue weighted by Crippen LogP contribution is -2.69. The van der Waals surface area contributed by atoms with E-state index in [0.717, 1.165) is 32.1 Å². The van der Waals surface area contributed by atoms with E-state index >= 15 is 0 Å². The van der Waals surface area contributed by atoms with Crippen molar-refractivity contribution in [1.82, 2.24) is 10.6 Å². The van der Waals surface area contributed by atoms with Gasteiger partial charge in [-0.2, -0.15) is 0 Å². The minimum atomic E-state index is 0.398. The molecule has 4 heteroatoms. The monoisotopic (exact) mass is 307 g/mol. The van der Waals surface area contributed by atoms with E-state index in [9.17, 15) is 0 Å². The highest BCUT2D eigenvalue weighted by atomic mass is 16.5. The van der Waals surface area contributed by atoms with Crippen molar-refractivity contribution in [3.8, 4) is 0 Å². The maximum Gasteiger partial charge on any atom is 0.191 e. The molecule has 0 aromatic carbocycles. The summed E-state index contributed by atoms with van der Waals surface area (Å²) in [7, 11) is 0. The molecular weight excluding hydrogens is 274 g/mol. The van der Waals surface area contributed by atoms with Crippen LogP contribution in [-0.2, 0) is 4.74 Å². The number of nitrogens with one attached hydrogen (secondary N) is 2. The molecule has 0 bridgehead atoms. The molecule has 3 aliphatic rings. The van der Waals surface area contributed by atoms with Gasteiger partial charge in [0.1, 0.15) is 0 Å². The summed E-state index contributed by atoms with van der Waals surface area (Å²) in [5, 5.41) is 7.23. The molecule has 0 amide bonds. The van der Waals surface area contributed by atoms with Crippen LogP contribution in [0.25, 0.3) is 0 Å². The molecule has 0 aromatic rings. The minimum Gasteiger partial charge on any atom is -0.377 e. The molecule has 0 aromatic heterocycles. The van der Waals surface area contributed by atoms with Crippen molar-refractivity contribution >= 4 is 5.96 Å². The Hall–Kier alpha value is -0.770. The Kier molecular flexibility index (Phi) is 4.96. The van der Waals surface area contributed by atoms with E-state index in [2.05, 4.69) is 31.4 Å². The molecule has 1 aliphatic heterocycles. The SMILES string of the molecule is CCNC(=NCCC(C)C)NC1C2CCOC2C12CCCC2. The maximum atomic E-state index is 6.07. The van der Waals surface area contributed by atoms with Crippen LogP contribution < -0.4 is 10.6 Å². The summed E-state index contributed by atoms with van der Waals surface area (Å²) < 4.78 is 6.07. The Morgan fingerprint density at radius 1 is 1.32 bits per heavy atom. The predicted octanol–water partition coefficient (Wildman–Crippen LogP) is 2.94. The zero-order valence-corrected chi connectivity index (χ0v) is 14.5. The fourth-order valence-corrected chi connectivity index (χ4v) is 4.81. The molecule has 3 unspecified atom stereocenters. The smallest absolute Gasteiger partial charge is 0.191 e. The van der Waals surface area contributed by atoms with Gasteiger partial charge in [-0.05, 0) is 38.5 Å². The fourth-order valence-electron chi connectivity index (χ4n) is 4.81. The van der Waals surface area contributed by atoms with E-state index < -0.39 is 0 Å². The average molecular weight is 307 g/mol. The molecule has 2 aliphatic carbocycles. The Morgan fingerprint density at radius 3 is 2.77 bits per heavy atom. The average Bonchev–Trinajstić information content (AvgIpc) is 3.12. The van der Waals surface area contributed by atoms with Gasteiger partial charge >= 0.3 is 0 Å². The lowest BCUT2D eigenvalue weighted by molar-refractivity contribution is -0.125. The van der Waals surface area contributed by atoms with E-state index in [1.165, 1.54) is 32.1 Å². The number of guanidine groups is 1. The largest absolute Gasteiger partial charge is 0.377 e. The summed E-state index contributed by atoms with van der Waals surface area (Å²) in [5.74, 6) is 2.43. The van der Waals surface area contributed by atoms with E-state index in [4.69, 9.17) is 9.73 Å². The van der Waals surface area contributed by atoms with E-state index in [1.54, 1.807) is 0 Å². The van der Waals surface area contributed by atoms with Crippen molar-refractivity contribution in [2.45, 2.75) is 71.4 Å². The third-order valence-electron chi connectivity index (χ3n) is 5.90. The van der Waals surface area contributed by atoms with E-state index in [-0.39, 0.29) is 0 Å². The summed E-state index contributed by atoms with van der Waals surface area (Å²) in [6.45, 7) is 9.46. The lowest BCUT2D eigenvalue weighted by atomic mass is 9.54. The Morgan fingerprint density at radius 2 is 2.09 bits per heavy atom. The summed E-state index contributed by atoms with van der Waals surface area (Å²) in [5.41, 5.74) is 0.398. The third-order valence-corrected chi connectivity index (χ3v) is 5.90. The lowest BCUT2D eigenvalue weighted by Gasteiger charge is -2.57. The van der Waals surface area contributed by atoms with Crippen molar-refractivity contribution < 1.29 is 4.74 Å². The topological polar surface area (TPSA) is 45.7 Å². The van der Waals surface area contributed by atoms with Crippen LogP contribution in [0.15, 0.2) is 4.99 Å². The van der Waals surface area contributed by atoms with Gasteiger partial charge in [0.15, 0.2) is 5.96 Å². The van der Waals surface area contributed by atoms with Crippen LogP contribution in [0.4, 0.5) is 0 Å². The first-order valence-electron chi connectivity index (χ1n) is 9.34. The molecule has 22 heavy (non-hydrogen) atoms. The Balaban J connectivity index is 1.66. The van der Waals surface area contributed by atoms with Crippen LogP contribution in [0.1, 0.15) is 59.3 Å². The van der Waals surface area contributed by atoms with Gasteiger partial charge in [0.25, 0.3) is 0 Å². The van der Waals surface area contributed by atoms with Crippen molar-refractivity contribution in [3.63, 3.8) is 0 Å². The van der Waals surface area contributed by atoms with E-state index in [1.807, 2.05) is 0 Å². The first kappa shape index (κ1) is 16.1. The number of hydrogen-bond donors (Lipinski definition) is 2. The van der Waals surface area contributed by atoms with Crippen molar-refractivity contribution in [3.05, 3.63) is 0 Å². The number of fused-ring (bicyclic) bond motifs is 2. The van der Waals surface area contributed by atoms with Crippen LogP contribution in [0.3, 0.4) is 0 Å². The molecule has 1 saturated heterocycles. The van der Waals surface area contributed by atoms with Crippen molar-refractivity contribution in [2.24, 2.45) is 22.2 Å². The predicted molar refractivity (Wildman–Crippen MR) is 91.1 cm³/mol. The van der Waals surface area contributed by atoms with Crippen LogP contribution >= 0.6 is 0 Å². The molecule has 4 nitrogen and oxygen atoms in total. The van der Waals surface area contributed by atoms with Crippen LogP contribution in [-0.4, -0.2) is 37.8 Å². The Labute approximate surface area is 135 Å². The molecule has 2 saturated carbocycles. The first-order valence-corrected chi connectivity index (χ1v) is 9.34. The van der Waals surface area contributed by atoms with Crippen LogP contribution in [0.5, 0.6) is 0 Å². The van der Waals surface area contributed by atoms with Gasteiger partial charge < -0.3 is 15.4 Å². The van der Waals surface area contributed by atoms with E-state index in [0.29, 0.717) is 29.4 Å². The highest BCUT2D eigenvalue weighted by Crippen LogP contribution is 2.60. The molecule has 1 spiro atoms. The summed E-state index contributed by atoms with van der Waals surface area (Å²) in [6.07, 6.45) is 8.29. The van der Waals surface area contributed by atoms with Crippen molar-refractivity contribution in [1.29, 1.82) is 0 Å². The molecule has 2 N–H and O–H groups in total. The third kappa shape index (κ3) is 2.86. The molecule has 0 radical (unpaired) electrons. The molecule has 3 fully saturated rings. The second-order valence-electron chi connectivity index (χ2n) is 7.75. The number of hydrogen-bond acceptors (Lipinski definition) is 2. The molecule has 1 heterocycles. The molecule has 3 atom stereocenters. The van der Waals surface area contributed by atoms with Crippen LogP contribution in [0, 0.1) is 17.3 Å². The second kappa shape index (κ2) is 6.77. The standard InChI is InChI=1S/C18H33N3O/c1-4-19-17(20-11-7-13(2)3)21-15-14-8-12-22-16(14)18(15)9-5-6-10-18/h13-16H,4-12H2,1-3H3,(H2,19,20,21).